The van der Waals surface area contributed by atoms with E-state index < -0.39 is 21.7 Å². The van der Waals surface area contributed by atoms with E-state index in [0.717, 1.165) is 46.9 Å². The Bertz CT molecular complexity index is 1960. The SMILES string of the molecule is Cc1ccc(NS(=O)(=O)Cc2cc(C(C)(F)F)ccn2)cc1-c1cc2cnc(=Nc3cnn(C)c3)nc-2n2c1NCC2. The lowest BCUT2D eigenvalue weighted by Gasteiger charge is -2.19. The Hall–Kier alpha value is -4.72. The fourth-order valence-electron chi connectivity index (χ4n) is 4.92. The average molecular weight is 592 g/mol. The van der Waals surface area contributed by atoms with E-state index in [2.05, 4.69) is 34.7 Å². The molecule has 0 fully saturated rings. The third-order valence-electron chi connectivity index (χ3n) is 6.87. The highest BCUT2D eigenvalue weighted by Gasteiger charge is 2.26. The Labute approximate surface area is 240 Å². The van der Waals surface area contributed by atoms with E-state index in [9.17, 15) is 17.2 Å². The molecule has 1 aromatic carbocycles. The number of sulfonamides is 1. The van der Waals surface area contributed by atoms with Gasteiger partial charge in [-0.3, -0.25) is 14.4 Å². The van der Waals surface area contributed by atoms with Crippen LogP contribution in [0.15, 0.2) is 66.2 Å². The highest BCUT2D eigenvalue weighted by Crippen LogP contribution is 2.39. The first-order valence-corrected chi connectivity index (χ1v) is 14.7. The maximum atomic E-state index is 13.7. The second-order valence-electron chi connectivity index (χ2n) is 10.2. The molecular weight excluding hydrogens is 564 g/mol. The number of alkyl halides is 2. The number of hydrogen-bond acceptors (Lipinski definition) is 8. The third-order valence-corrected chi connectivity index (χ3v) is 8.10. The van der Waals surface area contributed by atoms with Crippen LogP contribution in [0.3, 0.4) is 0 Å². The summed E-state index contributed by atoms with van der Waals surface area (Å²) in [6.07, 6.45) is 6.32. The normalized spacial score (nSPS) is 13.8. The van der Waals surface area contributed by atoms with E-state index in [0.29, 0.717) is 30.1 Å². The minimum absolute atomic E-state index is 0.0245. The van der Waals surface area contributed by atoms with Crippen molar-refractivity contribution in [1.82, 2.24) is 29.3 Å². The summed E-state index contributed by atoms with van der Waals surface area (Å²) in [4.78, 5) is 17.6. The predicted octanol–water partition coefficient (Wildman–Crippen LogP) is 4.20. The molecule has 0 unspecified atom stereocenters. The molecule has 5 heterocycles. The molecule has 0 bridgehead atoms. The highest BCUT2D eigenvalue weighted by atomic mass is 32.2. The molecule has 0 aliphatic carbocycles. The van der Waals surface area contributed by atoms with Crippen molar-refractivity contribution in [2.45, 2.75) is 32.1 Å². The van der Waals surface area contributed by atoms with Crippen LogP contribution in [0, 0.1) is 6.92 Å². The van der Waals surface area contributed by atoms with Gasteiger partial charge in [0.05, 0.1) is 18.1 Å². The van der Waals surface area contributed by atoms with Crippen molar-refractivity contribution in [2.24, 2.45) is 12.0 Å². The Morgan fingerprint density at radius 3 is 2.71 bits per heavy atom. The lowest BCUT2D eigenvalue weighted by molar-refractivity contribution is 0.0173. The molecule has 0 atom stereocenters. The number of benzene rings is 1. The molecule has 0 radical (unpaired) electrons. The molecule has 14 heteroatoms. The van der Waals surface area contributed by atoms with Crippen LogP contribution in [0.2, 0.25) is 0 Å². The van der Waals surface area contributed by atoms with E-state index in [4.69, 9.17) is 4.98 Å². The second kappa shape index (κ2) is 10.3. The fraction of sp³-hybridized carbons (Fsp3) is 0.250. The van der Waals surface area contributed by atoms with Gasteiger partial charge in [-0.05, 0) is 48.4 Å². The first-order valence-electron chi connectivity index (χ1n) is 13.1. The first kappa shape index (κ1) is 27.4. The fourth-order valence-corrected chi connectivity index (χ4v) is 6.02. The number of anilines is 2. The van der Waals surface area contributed by atoms with Crippen molar-refractivity contribution < 1.29 is 17.2 Å². The van der Waals surface area contributed by atoms with Crippen LogP contribution in [0.25, 0.3) is 22.5 Å². The summed E-state index contributed by atoms with van der Waals surface area (Å²) in [6.45, 7) is 4.07. The number of nitrogens with zero attached hydrogens (tertiary/aromatic N) is 7. The van der Waals surface area contributed by atoms with E-state index in [-0.39, 0.29) is 11.3 Å². The van der Waals surface area contributed by atoms with Gasteiger partial charge in [0.2, 0.25) is 10.0 Å². The minimum Gasteiger partial charge on any atom is -0.369 e. The molecule has 3 aliphatic heterocycles. The topological polar surface area (TPSA) is 132 Å². The maximum Gasteiger partial charge on any atom is 0.270 e. The number of nitrogens with one attached hydrogen (secondary N) is 2. The third kappa shape index (κ3) is 5.57. The summed E-state index contributed by atoms with van der Waals surface area (Å²) in [5.74, 6) is -2.09. The van der Waals surface area contributed by atoms with Gasteiger partial charge in [-0.15, -0.1) is 0 Å². The van der Waals surface area contributed by atoms with Gasteiger partial charge in [0.1, 0.15) is 23.1 Å². The summed E-state index contributed by atoms with van der Waals surface area (Å²) in [5.41, 5.74) is 4.43. The van der Waals surface area contributed by atoms with Crippen LogP contribution in [0.5, 0.6) is 0 Å². The van der Waals surface area contributed by atoms with Crippen LogP contribution in [-0.4, -0.2) is 44.3 Å². The minimum atomic E-state index is -3.95. The molecule has 2 aromatic heterocycles. The Balaban J connectivity index is 1.34. The van der Waals surface area contributed by atoms with Crippen molar-refractivity contribution in [3.63, 3.8) is 0 Å². The number of aromatic nitrogens is 6. The molecule has 6 rings (SSSR count). The first-order chi connectivity index (χ1) is 19.9. The van der Waals surface area contributed by atoms with E-state index in [1.807, 2.05) is 26.1 Å². The molecule has 3 aliphatic rings. The monoisotopic (exact) mass is 591 g/mol. The van der Waals surface area contributed by atoms with Gasteiger partial charge in [-0.1, -0.05) is 6.07 Å². The number of fused-ring (bicyclic) bond motifs is 3. The molecular formula is C28H27F2N9O2S. The average Bonchev–Trinajstić information content (AvgIpc) is 3.58. The zero-order valence-corrected chi connectivity index (χ0v) is 23.8. The zero-order chi connectivity index (χ0) is 29.6. The number of hydrogen-bond donors (Lipinski definition) is 2. The lowest BCUT2D eigenvalue weighted by atomic mass is 9.98. The van der Waals surface area contributed by atoms with Gasteiger partial charge >= 0.3 is 0 Å². The molecule has 0 spiro atoms. The summed E-state index contributed by atoms with van der Waals surface area (Å²) >= 11 is 0. The van der Waals surface area contributed by atoms with Crippen molar-refractivity contribution in [2.75, 3.05) is 16.6 Å². The molecule has 0 saturated heterocycles. The predicted molar refractivity (Wildman–Crippen MR) is 154 cm³/mol. The van der Waals surface area contributed by atoms with Crippen LogP contribution < -0.4 is 15.7 Å². The van der Waals surface area contributed by atoms with Crippen LogP contribution in [0.4, 0.5) is 26.0 Å². The Kier molecular flexibility index (Phi) is 6.72. The molecule has 216 valence electrons. The van der Waals surface area contributed by atoms with Gasteiger partial charge in [0, 0.05) is 61.8 Å². The van der Waals surface area contributed by atoms with Gasteiger partial charge in [-0.2, -0.15) is 10.1 Å². The molecule has 0 saturated carbocycles. The summed E-state index contributed by atoms with van der Waals surface area (Å²) < 4.78 is 59.8. The Morgan fingerprint density at radius 2 is 1.95 bits per heavy atom. The molecule has 42 heavy (non-hydrogen) atoms. The number of aryl methyl sites for hydroxylation is 2. The van der Waals surface area contributed by atoms with E-state index >= 15 is 0 Å². The molecule has 0 amide bonds. The largest absolute Gasteiger partial charge is 0.369 e. The number of pyridine rings is 2. The van der Waals surface area contributed by atoms with Crippen molar-refractivity contribution in [3.8, 4) is 22.5 Å². The van der Waals surface area contributed by atoms with Crippen molar-refractivity contribution in [1.29, 1.82) is 0 Å². The zero-order valence-electron chi connectivity index (χ0n) is 23.0. The van der Waals surface area contributed by atoms with E-state index in [1.54, 1.807) is 35.4 Å². The molecule has 3 aromatic rings. The summed E-state index contributed by atoms with van der Waals surface area (Å²) in [7, 11) is -2.14. The van der Waals surface area contributed by atoms with Gasteiger partial charge in [-0.25, -0.2) is 27.2 Å². The number of rotatable bonds is 7. The maximum absolute atomic E-state index is 13.7. The summed E-state index contributed by atoms with van der Waals surface area (Å²) in [6, 6.07) is 9.49. The standard InChI is InChI=1S/C28H27F2N9O2S/c1-17-4-5-20(37-42(40,41)16-21-11-19(6-7-31-21)28(2,29)30)12-23(17)24-10-18-13-33-27(35-22-14-34-38(3)15-22)36-25(18)39-9-8-32-26(24)39/h4-7,10-15,32,37H,8-9,16H2,1-3H3. The number of halogens is 2. The van der Waals surface area contributed by atoms with Gasteiger partial charge in [0.25, 0.3) is 11.5 Å². The second-order valence-corrected chi connectivity index (χ2v) is 12.0. The van der Waals surface area contributed by atoms with Crippen LogP contribution in [0.1, 0.15) is 23.7 Å². The van der Waals surface area contributed by atoms with Gasteiger partial charge in [0.15, 0.2) is 0 Å². The summed E-state index contributed by atoms with van der Waals surface area (Å²) in [5, 5.41) is 7.55. The molecule has 2 N–H and O–H groups in total. The van der Waals surface area contributed by atoms with Crippen LogP contribution in [-0.2, 0) is 35.3 Å². The van der Waals surface area contributed by atoms with Crippen LogP contribution >= 0.6 is 0 Å². The molecule has 11 nitrogen and oxygen atoms in total. The van der Waals surface area contributed by atoms with Crippen molar-refractivity contribution in [3.05, 3.63) is 83.6 Å². The smallest absolute Gasteiger partial charge is 0.270 e. The Morgan fingerprint density at radius 1 is 1.12 bits per heavy atom. The lowest BCUT2D eigenvalue weighted by Crippen LogP contribution is -2.17. The van der Waals surface area contributed by atoms with Crippen molar-refractivity contribution >= 4 is 27.2 Å². The van der Waals surface area contributed by atoms with E-state index in [1.165, 1.54) is 12.3 Å². The van der Waals surface area contributed by atoms with Gasteiger partial charge < -0.3 is 9.88 Å². The highest BCUT2D eigenvalue weighted by molar-refractivity contribution is 7.91. The quantitative estimate of drug-likeness (QED) is 0.290.